The molecule has 0 amide bonds. The summed E-state index contributed by atoms with van der Waals surface area (Å²) in [6, 6.07) is 8.42. The Kier molecular flexibility index (Phi) is 3.65. The Hall–Kier alpha value is -1.84. The fourth-order valence-corrected chi connectivity index (χ4v) is 1.68. The Morgan fingerprint density at radius 1 is 1.06 bits per heavy atom. The van der Waals surface area contributed by atoms with Gasteiger partial charge in [0.05, 0.1) is 5.52 Å². The lowest BCUT2D eigenvalue weighted by atomic mass is 10.1. The van der Waals surface area contributed by atoms with Gasteiger partial charge < -0.3 is 10.6 Å². The molecule has 0 radical (unpaired) electrons. The molecule has 0 aliphatic carbocycles. The monoisotopic (exact) mass is 244 g/mol. The Bertz CT molecular complexity index is 536. The molecule has 1 atom stereocenters. The lowest BCUT2D eigenvalue weighted by Gasteiger charge is -2.19. The molecular formula is C14H20N4. The highest BCUT2D eigenvalue weighted by Crippen LogP contribution is 2.23. The molecule has 0 fully saturated rings. The van der Waals surface area contributed by atoms with Gasteiger partial charge in [0, 0.05) is 18.5 Å². The summed E-state index contributed by atoms with van der Waals surface area (Å²) in [5.74, 6) is 2.09. The molecule has 0 saturated carbocycles. The zero-order valence-corrected chi connectivity index (χ0v) is 11.4. The predicted octanol–water partition coefficient (Wildman–Crippen LogP) is 3.13. The summed E-state index contributed by atoms with van der Waals surface area (Å²) in [6.45, 7) is 6.56. The molecule has 4 nitrogen and oxygen atoms in total. The number of hydrogen-bond acceptors (Lipinski definition) is 4. The highest BCUT2D eigenvalue weighted by Gasteiger charge is 2.11. The first-order chi connectivity index (χ1) is 8.61. The first kappa shape index (κ1) is 12.6. The summed E-state index contributed by atoms with van der Waals surface area (Å²) in [4.78, 5) is 8.95. The van der Waals surface area contributed by atoms with Crippen molar-refractivity contribution in [3.8, 4) is 0 Å². The molecular weight excluding hydrogens is 224 g/mol. The molecule has 0 aliphatic rings. The van der Waals surface area contributed by atoms with Crippen LogP contribution in [0.4, 0.5) is 11.8 Å². The number of fused-ring (bicyclic) bond motifs is 1. The van der Waals surface area contributed by atoms with Crippen molar-refractivity contribution in [2.75, 3.05) is 17.7 Å². The summed E-state index contributed by atoms with van der Waals surface area (Å²) >= 11 is 0. The first-order valence-corrected chi connectivity index (χ1v) is 6.33. The molecule has 96 valence electrons. The first-order valence-electron chi connectivity index (χ1n) is 6.33. The van der Waals surface area contributed by atoms with Crippen LogP contribution in [0.25, 0.3) is 10.9 Å². The third kappa shape index (κ3) is 2.53. The van der Waals surface area contributed by atoms with Gasteiger partial charge in [-0.25, -0.2) is 4.98 Å². The molecule has 2 rings (SSSR count). The Morgan fingerprint density at radius 3 is 2.44 bits per heavy atom. The van der Waals surface area contributed by atoms with Crippen LogP contribution < -0.4 is 10.6 Å². The summed E-state index contributed by atoms with van der Waals surface area (Å²) in [7, 11) is 1.83. The number of rotatable bonds is 4. The van der Waals surface area contributed by atoms with Gasteiger partial charge in [-0.05, 0) is 25.0 Å². The second-order valence-corrected chi connectivity index (χ2v) is 4.84. The number of benzene rings is 1. The van der Waals surface area contributed by atoms with Gasteiger partial charge in [0.1, 0.15) is 5.82 Å². The summed E-state index contributed by atoms with van der Waals surface area (Å²) < 4.78 is 0. The summed E-state index contributed by atoms with van der Waals surface area (Å²) in [6.07, 6.45) is 0. The van der Waals surface area contributed by atoms with Crippen molar-refractivity contribution < 1.29 is 0 Å². The number of nitrogens with one attached hydrogen (secondary N) is 2. The van der Waals surface area contributed by atoms with Crippen LogP contribution in [0.5, 0.6) is 0 Å². The smallest absolute Gasteiger partial charge is 0.224 e. The maximum absolute atomic E-state index is 4.51. The average Bonchev–Trinajstić information content (AvgIpc) is 2.38. The Balaban J connectivity index is 2.47. The van der Waals surface area contributed by atoms with Crippen molar-refractivity contribution in [2.45, 2.75) is 26.8 Å². The molecule has 4 heteroatoms. The molecule has 1 heterocycles. The van der Waals surface area contributed by atoms with Gasteiger partial charge in [-0.15, -0.1) is 0 Å². The minimum Gasteiger partial charge on any atom is -0.367 e. The van der Waals surface area contributed by atoms with Gasteiger partial charge >= 0.3 is 0 Å². The minimum absolute atomic E-state index is 0.369. The molecule has 1 unspecified atom stereocenters. The van der Waals surface area contributed by atoms with E-state index in [9.17, 15) is 0 Å². The van der Waals surface area contributed by atoms with Gasteiger partial charge in [0.25, 0.3) is 0 Å². The van der Waals surface area contributed by atoms with Crippen LogP contribution in [0.3, 0.4) is 0 Å². The summed E-state index contributed by atoms with van der Waals surface area (Å²) in [5.41, 5.74) is 0.954. The van der Waals surface area contributed by atoms with E-state index in [-0.39, 0.29) is 0 Å². The van der Waals surface area contributed by atoms with Crippen LogP contribution in [-0.2, 0) is 0 Å². The van der Waals surface area contributed by atoms with Crippen LogP contribution in [0, 0.1) is 5.92 Å². The molecule has 2 aromatic rings. The van der Waals surface area contributed by atoms with Gasteiger partial charge in [-0.1, -0.05) is 26.0 Å². The minimum atomic E-state index is 0.369. The molecule has 0 aliphatic heterocycles. The third-order valence-electron chi connectivity index (χ3n) is 3.19. The van der Waals surface area contributed by atoms with Crippen molar-refractivity contribution in [2.24, 2.45) is 5.92 Å². The van der Waals surface area contributed by atoms with Crippen molar-refractivity contribution in [3.05, 3.63) is 24.3 Å². The number of aromatic nitrogens is 2. The Morgan fingerprint density at radius 2 is 1.78 bits per heavy atom. The molecule has 1 aromatic heterocycles. The zero-order chi connectivity index (χ0) is 13.1. The topological polar surface area (TPSA) is 49.8 Å². The molecule has 0 saturated heterocycles. The van der Waals surface area contributed by atoms with Crippen molar-refractivity contribution >= 4 is 22.7 Å². The fourth-order valence-electron chi connectivity index (χ4n) is 1.68. The quantitative estimate of drug-likeness (QED) is 0.867. The normalized spacial score (nSPS) is 12.7. The standard InChI is InChI=1S/C14H20N4/c1-9(2)10(3)16-13-11-7-5-6-8-12(11)17-14(15-4)18-13/h5-10H,1-4H3,(H2,15,16,17,18). The van der Waals surface area contributed by atoms with Crippen LogP contribution in [-0.4, -0.2) is 23.1 Å². The van der Waals surface area contributed by atoms with Crippen molar-refractivity contribution in [1.82, 2.24) is 9.97 Å². The third-order valence-corrected chi connectivity index (χ3v) is 3.19. The fraction of sp³-hybridized carbons (Fsp3) is 0.429. The van der Waals surface area contributed by atoms with E-state index in [1.165, 1.54) is 0 Å². The number of para-hydroxylation sites is 1. The predicted molar refractivity (Wildman–Crippen MR) is 77.0 cm³/mol. The second-order valence-electron chi connectivity index (χ2n) is 4.84. The maximum atomic E-state index is 4.51. The molecule has 0 spiro atoms. The molecule has 1 aromatic carbocycles. The van der Waals surface area contributed by atoms with Crippen LogP contribution in [0.15, 0.2) is 24.3 Å². The number of hydrogen-bond donors (Lipinski definition) is 2. The molecule has 2 N–H and O–H groups in total. The van der Waals surface area contributed by atoms with Crippen LogP contribution in [0.1, 0.15) is 20.8 Å². The zero-order valence-electron chi connectivity index (χ0n) is 11.4. The van der Waals surface area contributed by atoms with E-state index in [0.29, 0.717) is 17.9 Å². The van der Waals surface area contributed by atoms with E-state index in [1.54, 1.807) is 0 Å². The highest BCUT2D eigenvalue weighted by molar-refractivity contribution is 5.90. The summed E-state index contributed by atoms with van der Waals surface area (Å²) in [5, 5.41) is 7.53. The second kappa shape index (κ2) is 5.21. The SMILES string of the molecule is CNc1nc(NC(C)C(C)C)c2ccccc2n1. The van der Waals surface area contributed by atoms with E-state index in [4.69, 9.17) is 0 Å². The van der Waals surface area contributed by atoms with Crippen LogP contribution in [0.2, 0.25) is 0 Å². The van der Waals surface area contributed by atoms with E-state index in [1.807, 2.05) is 31.3 Å². The highest BCUT2D eigenvalue weighted by atomic mass is 15.1. The van der Waals surface area contributed by atoms with E-state index in [0.717, 1.165) is 16.7 Å². The Labute approximate surface area is 108 Å². The van der Waals surface area contributed by atoms with E-state index < -0.39 is 0 Å². The van der Waals surface area contributed by atoms with Crippen molar-refractivity contribution in [1.29, 1.82) is 0 Å². The maximum Gasteiger partial charge on any atom is 0.224 e. The van der Waals surface area contributed by atoms with Crippen molar-refractivity contribution in [3.63, 3.8) is 0 Å². The van der Waals surface area contributed by atoms with Gasteiger partial charge in [0.2, 0.25) is 5.95 Å². The van der Waals surface area contributed by atoms with E-state index >= 15 is 0 Å². The van der Waals surface area contributed by atoms with Gasteiger partial charge in [-0.3, -0.25) is 0 Å². The van der Waals surface area contributed by atoms with Gasteiger partial charge in [-0.2, -0.15) is 4.98 Å². The lowest BCUT2D eigenvalue weighted by molar-refractivity contribution is 0.559. The lowest BCUT2D eigenvalue weighted by Crippen LogP contribution is -2.22. The van der Waals surface area contributed by atoms with E-state index in [2.05, 4.69) is 41.4 Å². The molecule has 0 bridgehead atoms. The number of anilines is 2. The largest absolute Gasteiger partial charge is 0.367 e. The average molecular weight is 244 g/mol. The molecule has 18 heavy (non-hydrogen) atoms. The van der Waals surface area contributed by atoms with Crippen LogP contribution >= 0.6 is 0 Å². The number of nitrogens with zero attached hydrogens (tertiary/aromatic N) is 2. The van der Waals surface area contributed by atoms with Gasteiger partial charge in [0.15, 0.2) is 0 Å².